The van der Waals surface area contributed by atoms with Crippen molar-refractivity contribution in [3.05, 3.63) is 0 Å². The summed E-state index contributed by atoms with van der Waals surface area (Å²) in [5.74, 6) is 1.92. The summed E-state index contributed by atoms with van der Waals surface area (Å²) in [5, 5.41) is 7.06. The summed E-state index contributed by atoms with van der Waals surface area (Å²) >= 11 is 0. The average molecular weight is 309 g/mol. The number of rotatable bonds is 6. The highest BCUT2D eigenvalue weighted by Gasteiger charge is 2.18. The van der Waals surface area contributed by atoms with E-state index in [0.29, 0.717) is 6.04 Å². The van der Waals surface area contributed by atoms with Crippen LogP contribution in [-0.4, -0.2) is 49.6 Å². The molecule has 0 bridgehead atoms. The van der Waals surface area contributed by atoms with Gasteiger partial charge in [0.1, 0.15) is 0 Å². The second-order valence-corrected chi connectivity index (χ2v) is 6.91. The van der Waals surface area contributed by atoms with Crippen molar-refractivity contribution in [2.45, 2.75) is 71.3 Å². The number of piperidine rings is 1. The van der Waals surface area contributed by atoms with E-state index >= 15 is 0 Å². The lowest BCUT2D eigenvalue weighted by Crippen LogP contribution is -2.44. The van der Waals surface area contributed by atoms with Gasteiger partial charge in [0.2, 0.25) is 0 Å². The van der Waals surface area contributed by atoms with Crippen molar-refractivity contribution in [2.24, 2.45) is 10.9 Å². The molecule has 0 aromatic heterocycles. The molecule has 1 saturated carbocycles. The van der Waals surface area contributed by atoms with Crippen LogP contribution in [-0.2, 0) is 0 Å². The maximum absolute atomic E-state index is 4.82. The number of likely N-dealkylation sites (tertiary alicyclic amines) is 1. The van der Waals surface area contributed by atoms with Gasteiger partial charge >= 0.3 is 0 Å². The van der Waals surface area contributed by atoms with Crippen LogP contribution in [0.1, 0.15) is 65.2 Å². The molecule has 4 nitrogen and oxygen atoms in total. The normalized spacial score (nSPS) is 22.7. The molecular weight excluding hydrogens is 272 g/mol. The fourth-order valence-electron chi connectivity index (χ4n) is 3.71. The molecule has 0 spiro atoms. The lowest BCUT2D eigenvalue weighted by Gasteiger charge is -2.30. The van der Waals surface area contributed by atoms with Crippen LogP contribution in [0.2, 0.25) is 0 Å². The van der Waals surface area contributed by atoms with Crippen molar-refractivity contribution in [3.63, 3.8) is 0 Å². The van der Waals surface area contributed by atoms with Gasteiger partial charge in [-0.1, -0.05) is 26.2 Å². The molecule has 0 aromatic rings. The first kappa shape index (κ1) is 17.6. The van der Waals surface area contributed by atoms with Gasteiger partial charge in [-0.05, 0) is 64.6 Å². The van der Waals surface area contributed by atoms with Crippen LogP contribution < -0.4 is 10.6 Å². The minimum Gasteiger partial charge on any atom is -0.357 e. The third-order valence-corrected chi connectivity index (χ3v) is 5.25. The minimum absolute atomic E-state index is 0.638. The molecule has 0 atom stereocenters. The Morgan fingerprint density at radius 2 is 1.77 bits per heavy atom. The molecule has 4 heteroatoms. The SMILES string of the molecule is CCNC(=NCCC1CCN(CC)CC1)NC1CCCCC1. The predicted octanol–water partition coefficient (Wildman–Crippen LogP) is 3.00. The van der Waals surface area contributed by atoms with Gasteiger partial charge in [-0.25, -0.2) is 0 Å². The Kier molecular flexibility index (Phi) is 8.06. The first-order chi connectivity index (χ1) is 10.8. The molecule has 0 aromatic carbocycles. The van der Waals surface area contributed by atoms with Crippen LogP contribution in [0.15, 0.2) is 4.99 Å². The van der Waals surface area contributed by atoms with E-state index < -0.39 is 0 Å². The van der Waals surface area contributed by atoms with Crippen LogP contribution in [0.3, 0.4) is 0 Å². The summed E-state index contributed by atoms with van der Waals surface area (Å²) in [4.78, 5) is 7.39. The second-order valence-electron chi connectivity index (χ2n) is 6.91. The molecule has 2 fully saturated rings. The zero-order valence-corrected chi connectivity index (χ0v) is 14.7. The minimum atomic E-state index is 0.638. The van der Waals surface area contributed by atoms with Crippen molar-refractivity contribution in [1.82, 2.24) is 15.5 Å². The van der Waals surface area contributed by atoms with E-state index in [1.54, 1.807) is 0 Å². The van der Waals surface area contributed by atoms with Crippen LogP contribution in [0.4, 0.5) is 0 Å². The van der Waals surface area contributed by atoms with Crippen molar-refractivity contribution in [3.8, 4) is 0 Å². The average Bonchev–Trinajstić information content (AvgIpc) is 2.56. The number of aliphatic imine (C=N–C) groups is 1. The fourth-order valence-corrected chi connectivity index (χ4v) is 3.71. The van der Waals surface area contributed by atoms with E-state index in [-0.39, 0.29) is 0 Å². The third-order valence-electron chi connectivity index (χ3n) is 5.25. The zero-order valence-electron chi connectivity index (χ0n) is 14.7. The summed E-state index contributed by atoms with van der Waals surface area (Å²) in [6, 6.07) is 0.638. The maximum atomic E-state index is 4.82. The molecule has 0 unspecified atom stereocenters. The molecule has 0 amide bonds. The molecule has 1 saturated heterocycles. The van der Waals surface area contributed by atoms with Crippen molar-refractivity contribution in [2.75, 3.05) is 32.7 Å². The van der Waals surface area contributed by atoms with Crippen molar-refractivity contribution >= 4 is 5.96 Å². The standard InChI is InChI=1S/C18H36N4/c1-3-19-18(21-17-8-6-5-7-9-17)20-13-10-16-11-14-22(4-2)15-12-16/h16-17H,3-15H2,1-2H3,(H2,19,20,21). The largest absolute Gasteiger partial charge is 0.357 e. The molecule has 1 aliphatic carbocycles. The predicted molar refractivity (Wildman–Crippen MR) is 95.4 cm³/mol. The Bertz CT molecular complexity index is 315. The van der Waals surface area contributed by atoms with Gasteiger partial charge in [-0.3, -0.25) is 4.99 Å². The van der Waals surface area contributed by atoms with Gasteiger partial charge < -0.3 is 15.5 Å². The molecule has 2 rings (SSSR count). The van der Waals surface area contributed by atoms with Gasteiger partial charge in [0, 0.05) is 19.1 Å². The van der Waals surface area contributed by atoms with Gasteiger partial charge in [0.15, 0.2) is 5.96 Å². The highest BCUT2D eigenvalue weighted by molar-refractivity contribution is 5.80. The van der Waals surface area contributed by atoms with E-state index in [4.69, 9.17) is 4.99 Å². The van der Waals surface area contributed by atoms with Gasteiger partial charge in [0.05, 0.1) is 0 Å². The monoisotopic (exact) mass is 308 g/mol. The first-order valence-electron chi connectivity index (χ1n) is 9.59. The number of nitrogens with zero attached hydrogens (tertiary/aromatic N) is 2. The van der Waals surface area contributed by atoms with E-state index in [1.165, 1.54) is 71.0 Å². The molecule has 2 aliphatic rings. The summed E-state index contributed by atoms with van der Waals surface area (Å²) in [5.41, 5.74) is 0. The molecule has 22 heavy (non-hydrogen) atoms. The number of nitrogens with one attached hydrogen (secondary N) is 2. The Morgan fingerprint density at radius 1 is 1.05 bits per heavy atom. The van der Waals surface area contributed by atoms with Crippen LogP contribution in [0, 0.1) is 5.92 Å². The number of hydrogen-bond acceptors (Lipinski definition) is 2. The lowest BCUT2D eigenvalue weighted by atomic mass is 9.94. The van der Waals surface area contributed by atoms with Gasteiger partial charge in [0.25, 0.3) is 0 Å². The summed E-state index contributed by atoms with van der Waals surface area (Å²) in [6.07, 6.45) is 10.7. The number of guanidine groups is 1. The molecule has 128 valence electrons. The quantitative estimate of drug-likeness (QED) is 0.585. The fraction of sp³-hybridized carbons (Fsp3) is 0.944. The molecule has 0 radical (unpaired) electrons. The highest BCUT2D eigenvalue weighted by atomic mass is 15.2. The molecule has 2 N–H and O–H groups in total. The first-order valence-corrected chi connectivity index (χ1v) is 9.59. The Hall–Kier alpha value is -0.770. The second kappa shape index (κ2) is 10.1. The lowest BCUT2D eigenvalue weighted by molar-refractivity contribution is 0.188. The summed E-state index contributed by atoms with van der Waals surface area (Å²) in [7, 11) is 0. The Balaban J connectivity index is 1.70. The van der Waals surface area contributed by atoms with Crippen LogP contribution in [0.25, 0.3) is 0 Å². The van der Waals surface area contributed by atoms with Gasteiger partial charge in [-0.2, -0.15) is 0 Å². The highest BCUT2D eigenvalue weighted by Crippen LogP contribution is 2.20. The number of hydrogen-bond donors (Lipinski definition) is 2. The van der Waals surface area contributed by atoms with E-state index in [9.17, 15) is 0 Å². The maximum Gasteiger partial charge on any atom is 0.191 e. The van der Waals surface area contributed by atoms with E-state index in [0.717, 1.165) is 25.0 Å². The van der Waals surface area contributed by atoms with Gasteiger partial charge in [-0.15, -0.1) is 0 Å². The van der Waals surface area contributed by atoms with Crippen LogP contribution in [0.5, 0.6) is 0 Å². The van der Waals surface area contributed by atoms with Crippen molar-refractivity contribution < 1.29 is 0 Å². The zero-order chi connectivity index (χ0) is 15.6. The Morgan fingerprint density at radius 3 is 2.41 bits per heavy atom. The third kappa shape index (κ3) is 6.15. The van der Waals surface area contributed by atoms with E-state index in [1.807, 2.05) is 0 Å². The summed E-state index contributed by atoms with van der Waals surface area (Å²) < 4.78 is 0. The van der Waals surface area contributed by atoms with Crippen LogP contribution >= 0.6 is 0 Å². The van der Waals surface area contributed by atoms with E-state index in [2.05, 4.69) is 29.4 Å². The summed E-state index contributed by atoms with van der Waals surface area (Å²) in [6.45, 7) is 10.1. The smallest absolute Gasteiger partial charge is 0.191 e. The molecular formula is C18H36N4. The molecule has 1 aliphatic heterocycles. The topological polar surface area (TPSA) is 39.7 Å². The Labute approximate surface area is 137 Å². The van der Waals surface area contributed by atoms with Crippen molar-refractivity contribution in [1.29, 1.82) is 0 Å². The molecule has 1 heterocycles.